The summed E-state index contributed by atoms with van der Waals surface area (Å²) in [4.78, 5) is 10.8. The van der Waals surface area contributed by atoms with E-state index in [0.29, 0.717) is 5.75 Å². The zero-order valence-electron chi connectivity index (χ0n) is 8.29. The number of hydrogen-bond donors (Lipinski definition) is 0. The minimum atomic E-state index is -0.858. The maximum atomic E-state index is 13.0. The molecule has 1 atom stereocenters. The highest BCUT2D eigenvalue weighted by Gasteiger charge is 2.11. The maximum Gasteiger partial charge on any atom is 0.255 e. The van der Waals surface area contributed by atoms with Gasteiger partial charge in [0, 0.05) is 7.11 Å². The summed E-state index contributed by atoms with van der Waals surface area (Å²) in [5.41, 5.74) is -0.211. The zero-order valence-corrected chi connectivity index (χ0v) is 9.05. The van der Waals surface area contributed by atoms with Gasteiger partial charge in [0.05, 0.1) is 5.56 Å². The Hall–Kier alpha value is -1.13. The highest BCUT2D eigenvalue weighted by molar-refractivity contribution is 6.67. The predicted molar refractivity (Wildman–Crippen MR) is 53.7 cm³/mol. The highest BCUT2D eigenvalue weighted by Crippen LogP contribution is 2.19. The van der Waals surface area contributed by atoms with Crippen molar-refractivity contribution >= 4 is 16.8 Å². The van der Waals surface area contributed by atoms with Gasteiger partial charge in [0.15, 0.2) is 6.29 Å². The van der Waals surface area contributed by atoms with Crippen molar-refractivity contribution in [3.05, 3.63) is 29.6 Å². The van der Waals surface area contributed by atoms with E-state index in [1.807, 2.05) is 0 Å². The Balaban J connectivity index is 2.92. The maximum absolute atomic E-state index is 13.0. The van der Waals surface area contributed by atoms with Crippen LogP contribution in [0.4, 0.5) is 4.39 Å². The fourth-order valence-corrected chi connectivity index (χ4v) is 1.11. The van der Waals surface area contributed by atoms with Crippen molar-refractivity contribution in [3.63, 3.8) is 0 Å². The molecule has 0 radical (unpaired) electrons. The zero-order chi connectivity index (χ0) is 11.4. The molecular formula is C10H10ClFO3. The predicted octanol–water partition coefficient (Wildman–Crippen LogP) is 2.58. The molecule has 0 spiro atoms. The third-order valence-corrected chi connectivity index (χ3v) is 1.99. The van der Waals surface area contributed by atoms with Gasteiger partial charge in [-0.2, -0.15) is 0 Å². The smallest absolute Gasteiger partial charge is 0.255 e. The first-order valence-corrected chi connectivity index (χ1v) is 4.61. The molecule has 1 unspecified atom stereocenters. The number of carbonyl (C=O) groups is 1. The lowest BCUT2D eigenvalue weighted by atomic mass is 10.2. The molecule has 0 aliphatic carbocycles. The van der Waals surface area contributed by atoms with Gasteiger partial charge in [-0.25, -0.2) is 4.39 Å². The largest absolute Gasteiger partial charge is 0.465 e. The first-order chi connectivity index (χ1) is 7.04. The molecule has 0 aliphatic heterocycles. The number of rotatable bonds is 4. The van der Waals surface area contributed by atoms with Gasteiger partial charge < -0.3 is 9.47 Å². The number of benzene rings is 1. The van der Waals surface area contributed by atoms with Crippen LogP contribution in [0.15, 0.2) is 18.2 Å². The van der Waals surface area contributed by atoms with Gasteiger partial charge in [-0.1, -0.05) is 0 Å². The lowest BCUT2D eigenvalue weighted by molar-refractivity contribution is -0.0383. The monoisotopic (exact) mass is 232 g/mol. The van der Waals surface area contributed by atoms with Crippen LogP contribution in [0.2, 0.25) is 0 Å². The molecule has 1 aromatic rings. The van der Waals surface area contributed by atoms with Crippen molar-refractivity contribution < 1.29 is 18.7 Å². The second-order valence-electron chi connectivity index (χ2n) is 2.84. The van der Waals surface area contributed by atoms with Gasteiger partial charge in [0.25, 0.3) is 5.24 Å². The highest BCUT2D eigenvalue weighted by atomic mass is 35.5. The topological polar surface area (TPSA) is 35.5 Å². The van der Waals surface area contributed by atoms with E-state index < -0.39 is 17.3 Å². The molecule has 0 heterocycles. The molecule has 0 aromatic heterocycles. The van der Waals surface area contributed by atoms with Crippen molar-refractivity contribution in [2.75, 3.05) is 7.11 Å². The molecule has 0 amide bonds. The summed E-state index contributed by atoms with van der Waals surface area (Å²) in [5, 5.41) is -0.858. The molecule has 82 valence electrons. The fourth-order valence-electron chi connectivity index (χ4n) is 0.968. The van der Waals surface area contributed by atoms with Crippen LogP contribution < -0.4 is 4.74 Å². The number of ether oxygens (including phenoxy) is 2. The summed E-state index contributed by atoms with van der Waals surface area (Å²) < 4.78 is 23.1. The van der Waals surface area contributed by atoms with E-state index in [0.717, 1.165) is 6.07 Å². The first-order valence-electron chi connectivity index (χ1n) is 4.23. The molecule has 5 heteroatoms. The third-order valence-electron chi connectivity index (χ3n) is 1.78. The van der Waals surface area contributed by atoms with Gasteiger partial charge >= 0.3 is 0 Å². The minimum Gasteiger partial charge on any atom is -0.465 e. The van der Waals surface area contributed by atoms with Crippen LogP contribution in [0.5, 0.6) is 5.75 Å². The van der Waals surface area contributed by atoms with Gasteiger partial charge in [-0.3, -0.25) is 4.79 Å². The molecule has 15 heavy (non-hydrogen) atoms. The minimum absolute atomic E-state index is 0.211. The average molecular weight is 233 g/mol. The molecule has 0 bridgehead atoms. The fraction of sp³-hybridized carbons (Fsp3) is 0.300. The average Bonchev–Trinajstić information content (AvgIpc) is 2.20. The molecule has 0 fully saturated rings. The summed E-state index contributed by atoms with van der Waals surface area (Å²) in [6.07, 6.45) is -0.478. The molecule has 0 N–H and O–H groups in total. The second kappa shape index (κ2) is 5.09. The summed E-state index contributed by atoms with van der Waals surface area (Å²) in [7, 11) is 1.47. The number of carbonyl (C=O) groups excluding carboxylic acids is 1. The van der Waals surface area contributed by atoms with Crippen molar-refractivity contribution in [1.82, 2.24) is 0 Å². The van der Waals surface area contributed by atoms with Crippen LogP contribution in [-0.2, 0) is 4.74 Å². The Morgan fingerprint density at radius 1 is 1.53 bits per heavy atom. The Kier molecular flexibility index (Phi) is 4.05. The summed E-state index contributed by atoms with van der Waals surface area (Å²) in [6, 6.07) is 3.75. The number of hydrogen-bond acceptors (Lipinski definition) is 3. The molecule has 3 nitrogen and oxygen atoms in total. The van der Waals surface area contributed by atoms with E-state index >= 15 is 0 Å². The quantitative estimate of drug-likeness (QED) is 0.591. The molecule has 1 rings (SSSR count). The lowest BCUT2D eigenvalue weighted by Crippen LogP contribution is -2.13. The van der Waals surface area contributed by atoms with Crippen LogP contribution in [0.1, 0.15) is 17.3 Å². The molecular weight excluding hydrogens is 223 g/mol. The van der Waals surface area contributed by atoms with Crippen LogP contribution in [0, 0.1) is 5.82 Å². The van der Waals surface area contributed by atoms with Gasteiger partial charge in [-0.05, 0) is 36.7 Å². The van der Waals surface area contributed by atoms with E-state index in [4.69, 9.17) is 21.1 Å². The molecule has 0 aliphatic rings. The van der Waals surface area contributed by atoms with Crippen LogP contribution in [0.25, 0.3) is 0 Å². The number of methoxy groups -OCH3 is 1. The van der Waals surface area contributed by atoms with Crippen molar-refractivity contribution in [1.29, 1.82) is 0 Å². The Morgan fingerprint density at radius 3 is 2.73 bits per heavy atom. The van der Waals surface area contributed by atoms with Crippen molar-refractivity contribution in [3.8, 4) is 5.75 Å². The van der Waals surface area contributed by atoms with Crippen molar-refractivity contribution in [2.24, 2.45) is 0 Å². The second-order valence-corrected chi connectivity index (χ2v) is 3.18. The van der Waals surface area contributed by atoms with Gasteiger partial charge in [-0.15, -0.1) is 0 Å². The standard InChI is InChI=1S/C10H10ClFO3/c1-6(14-2)15-7-3-4-9(12)8(5-7)10(11)13/h3-6H,1-2H3. The van der Waals surface area contributed by atoms with E-state index in [-0.39, 0.29) is 5.56 Å². The first kappa shape index (κ1) is 11.9. The Labute approximate surface area is 91.7 Å². The Morgan fingerprint density at radius 2 is 2.20 bits per heavy atom. The summed E-state index contributed by atoms with van der Waals surface area (Å²) in [6.45, 7) is 1.67. The van der Waals surface area contributed by atoms with Gasteiger partial charge in [0.1, 0.15) is 11.6 Å². The Bertz CT molecular complexity index is 368. The SMILES string of the molecule is COC(C)Oc1ccc(F)c(C(=O)Cl)c1. The number of halogens is 2. The van der Waals surface area contributed by atoms with Crippen molar-refractivity contribution in [2.45, 2.75) is 13.2 Å². The van der Waals surface area contributed by atoms with E-state index in [1.165, 1.54) is 19.2 Å². The van der Waals surface area contributed by atoms with E-state index in [1.54, 1.807) is 6.92 Å². The molecule has 0 saturated heterocycles. The van der Waals surface area contributed by atoms with Crippen LogP contribution >= 0.6 is 11.6 Å². The van der Waals surface area contributed by atoms with E-state index in [9.17, 15) is 9.18 Å². The van der Waals surface area contributed by atoms with Crippen LogP contribution in [0.3, 0.4) is 0 Å². The lowest BCUT2D eigenvalue weighted by Gasteiger charge is -2.12. The summed E-state index contributed by atoms with van der Waals surface area (Å²) >= 11 is 5.19. The van der Waals surface area contributed by atoms with E-state index in [2.05, 4.69) is 0 Å². The van der Waals surface area contributed by atoms with Gasteiger partial charge in [0.2, 0.25) is 0 Å². The van der Waals surface area contributed by atoms with Crippen LogP contribution in [-0.4, -0.2) is 18.6 Å². The normalized spacial score (nSPS) is 12.3. The molecule has 1 aromatic carbocycles. The third kappa shape index (κ3) is 3.18. The molecule has 0 saturated carbocycles. The summed E-state index contributed by atoms with van der Waals surface area (Å²) in [5.74, 6) is -0.345.